The smallest absolute Gasteiger partial charge is 0.0555 e. The fourth-order valence-corrected chi connectivity index (χ4v) is 2.94. The van der Waals surface area contributed by atoms with Gasteiger partial charge in [0.05, 0.1) is 6.54 Å². The summed E-state index contributed by atoms with van der Waals surface area (Å²) < 4.78 is 0. The number of hydrogen-bond acceptors (Lipinski definition) is 2. The Kier molecular flexibility index (Phi) is 5.64. The van der Waals surface area contributed by atoms with Crippen LogP contribution < -0.4 is 5.73 Å². The van der Waals surface area contributed by atoms with E-state index in [1.165, 1.54) is 31.5 Å². The number of likely N-dealkylation sites (tertiary alicyclic amines) is 1. The number of rotatable bonds is 3. The van der Waals surface area contributed by atoms with Crippen molar-refractivity contribution >= 4 is 0 Å². The van der Waals surface area contributed by atoms with Crippen molar-refractivity contribution in [3.8, 4) is 11.8 Å². The first-order chi connectivity index (χ1) is 9.69. The molecule has 108 valence electrons. The van der Waals surface area contributed by atoms with Gasteiger partial charge < -0.3 is 5.73 Å². The molecule has 2 heteroatoms. The standard InChI is InChI=1S/C18H26N2/c1-15(2)18-8-11-20(12-9-18)14-17-6-3-5-16(13-17)7-4-10-19/h3,5-6,13,15,18H,8-12,14,19H2,1-2H3. The molecule has 0 saturated carbocycles. The lowest BCUT2D eigenvalue weighted by Crippen LogP contribution is -2.34. The van der Waals surface area contributed by atoms with Crippen LogP contribution in [0.2, 0.25) is 0 Å². The zero-order valence-corrected chi connectivity index (χ0v) is 12.7. The van der Waals surface area contributed by atoms with Crippen molar-refractivity contribution in [1.29, 1.82) is 0 Å². The van der Waals surface area contributed by atoms with Crippen LogP contribution in [0.15, 0.2) is 24.3 Å². The van der Waals surface area contributed by atoms with Crippen LogP contribution in [0.1, 0.15) is 37.8 Å². The monoisotopic (exact) mass is 270 g/mol. The van der Waals surface area contributed by atoms with Crippen LogP contribution in [0, 0.1) is 23.7 Å². The van der Waals surface area contributed by atoms with Gasteiger partial charge in [0.2, 0.25) is 0 Å². The Balaban J connectivity index is 1.91. The normalized spacial score (nSPS) is 17.0. The summed E-state index contributed by atoms with van der Waals surface area (Å²) in [5.74, 6) is 7.76. The lowest BCUT2D eigenvalue weighted by atomic mass is 9.86. The topological polar surface area (TPSA) is 29.3 Å². The highest BCUT2D eigenvalue weighted by molar-refractivity contribution is 5.37. The first-order valence-electron chi connectivity index (χ1n) is 7.69. The molecule has 1 aromatic rings. The van der Waals surface area contributed by atoms with Gasteiger partial charge in [-0.1, -0.05) is 37.8 Å². The molecule has 0 radical (unpaired) electrons. The van der Waals surface area contributed by atoms with E-state index in [1.54, 1.807) is 0 Å². The van der Waals surface area contributed by atoms with Crippen LogP contribution in [-0.4, -0.2) is 24.5 Å². The molecule has 1 aromatic carbocycles. The van der Waals surface area contributed by atoms with Crippen molar-refractivity contribution in [1.82, 2.24) is 4.90 Å². The minimum Gasteiger partial charge on any atom is -0.320 e. The van der Waals surface area contributed by atoms with E-state index in [1.807, 2.05) is 0 Å². The number of piperidine rings is 1. The number of nitrogens with zero attached hydrogens (tertiary/aromatic N) is 1. The highest BCUT2D eigenvalue weighted by Gasteiger charge is 2.21. The summed E-state index contributed by atoms with van der Waals surface area (Å²) in [5.41, 5.74) is 7.85. The number of hydrogen-bond donors (Lipinski definition) is 1. The van der Waals surface area contributed by atoms with Crippen molar-refractivity contribution in [3.05, 3.63) is 35.4 Å². The molecule has 1 fully saturated rings. The second-order valence-corrected chi connectivity index (χ2v) is 6.06. The molecular formula is C18H26N2. The summed E-state index contributed by atoms with van der Waals surface area (Å²) in [4.78, 5) is 2.56. The van der Waals surface area contributed by atoms with Crippen LogP contribution in [-0.2, 0) is 6.54 Å². The molecule has 0 spiro atoms. The van der Waals surface area contributed by atoms with E-state index in [9.17, 15) is 0 Å². The van der Waals surface area contributed by atoms with Gasteiger partial charge >= 0.3 is 0 Å². The molecule has 0 unspecified atom stereocenters. The van der Waals surface area contributed by atoms with Gasteiger partial charge in [0.1, 0.15) is 0 Å². The molecular weight excluding hydrogens is 244 g/mol. The highest BCUT2D eigenvalue weighted by atomic mass is 15.1. The average molecular weight is 270 g/mol. The van der Waals surface area contributed by atoms with Gasteiger partial charge in [-0.25, -0.2) is 0 Å². The lowest BCUT2D eigenvalue weighted by molar-refractivity contribution is 0.152. The average Bonchev–Trinajstić information content (AvgIpc) is 2.46. The predicted octanol–water partition coefficient (Wildman–Crippen LogP) is 2.86. The molecule has 1 heterocycles. The largest absolute Gasteiger partial charge is 0.320 e. The Bertz CT molecular complexity index is 474. The predicted molar refractivity (Wildman–Crippen MR) is 85.2 cm³/mol. The Labute approximate surface area is 123 Å². The molecule has 0 bridgehead atoms. The minimum atomic E-state index is 0.424. The molecule has 0 aliphatic carbocycles. The highest BCUT2D eigenvalue weighted by Crippen LogP contribution is 2.25. The third kappa shape index (κ3) is 4.37. The van der Waals surface area contributed by atoms with Gasteiger partial charge in [-0.05, 0) is 55.5 Å². The van der Waals surface area contributed by atoms with E-state index in [0.29, 0.717) is 6.54 Å². The molecule has 1 aliphatic rings. The minimum absolute atomic E-state index is 0.424. The summed E-state index contributed by atoms with van der Waals surface area (Å²) >= 11 is 0. The molecule has 2 rings (SSSR count). The van der Waals surface area contributed by atoms with Gasteiger partial charge in [0, 0.05) is 12.1 Å². The fourth-order valence-electron chi connectivity index (χ4n) is 2.94. The summed E-state index contributed by atoms with van der Waals surface area (Å²) in [6.07, 6.45) is 2.68. The molecule has 0 amide bonds. The van der Waals surface area contributed by atoms with E-state index >= 15 is 0 Å². The molecule has 0 atom stereocenters. The second kappa shape index (κ2) is 7.47. The van der Waals surface area contributed by atoms with Crippen molar-refractivity contribution in [2.45, 2.75) is 33.2 Å². The molecule has 2 N–H and O–H groups in total. The van der Waals surface area contributed by atoms with Crippen LogP contribution in [0.5, 0.6) is 0 Å². The Morgan fingerprint density at radius 2 is 2.05 bits per heavy atom. The molecule has 1 aliphatic heterocycles. The third-order valence-corrected chi connectivity index (χ3v) is 4.24. The molecule has 20 heavy (non-hydrogen) atoms. The van der Waals surface area contributed by atoms with E-state index in [0.717, 1.165) is 23.9 Å². The maximum Gasteiger partial charge on any atom is 0.0555 e. The molecule has 2 nitrogen and oxygen atoms in total. The van der Waals surface area contributed by atoms with Crippen LogP contribution >= 0.6 is 0 Å². The van der Waals surface area contributed by atoms with Crippen molar-refractivity contribution < 1.29 is 0 Å². The zero-order valence-electron chi connectivity index (χ0n) is 12.7. The van der Waals surface area contributed by atoms with Crippen molar-refractivity contribution in [2.24, 2.45) is 17.6 Å². The first kappa shape index (κ1) is 15.1. The van der Waals surface area contributed by atoms with Gasteiger partial charge in [-0.3, -0.25) is 4.90 Å². The zero-order chi connectivity index (χ0) is 14.4. The summed E-state index contributed by atoms with van der Waals surface area (Å²) in [7, 11) is 0. The molecule has 1 saturated heterocycles. The van der Waals surface area contributed by atoms with Gasteiger partial charge in [-0.15, -0.1) is 0 Å². The van der Waals surface area contributed by atoms with Gasteiger partial charge in [0.25, 0.3) is 0 Å². The fraction of sp³-hybridized carbons (Fsp3) is 0.556. The Morgan fingerprint density at radius 1 is 1.30 bits per heavy atom. The quantitative estimate of drug-likeness (QED) is 0.856. The Morgan fingerprint density at radius 3 is 2.70 bits per heavy atom. The van der Waals surface area contributed by atoms with Crippen LogP contribution in [0.3, 0.4) is 0 Å². The summed E-state index contributed by atoms with van der Waals surface area (Å²) in [5, 5.41) is 0. The lowest BCUT2D eigenvalue weighted by Gasteiger charge is -2.33. The Hall–Kier alpha value is -1.30. The SMILES string of the molecule is CC(C)C1CCN(Cc2cccc(C#CCN)c2)CC1. The van der Waals surface area contributed by atoms with E-state index in [2.05, 4.69) is 54.9 Å². The first-order valence-corrected chi connectivity index (χ1v) is 7.69. The van der Waals surface area contributed by atoms with Crippen molar-refractivity contribution in [3.63, 3.8) is 0 Å². The maximum atomic E-state index is 5.42. The van der Waals surface area contributed by atoms with Crippen LogP contribution in [0.25, 0.3) is 0 Å². The van der Waals surface area contributed by atoms with E-state index in [-0.39, 0.29) is 0 Å². The molecule has 0 aromatic heterocycles. The number of nitrogens with two attached hydrogens (primary N) is 1. The van der Waals surface area contributed by atoms with Gasteiger partial charge in [-0.2, -0.15) is 0 Å². The third-order valence-electron chi connectivity index (χ3n) is 4.24. The summed E-state index contributed by atoms with van der Waals surface area (Å²) in [6.45, 7) is 8.61. The van der Waals surface area contributed by atoms with E-state index in [4.69, 9.17) is 5.73 Å². The maximum absolute atomic E-state index is 5.42. The summed E-state index contributed by atoms with van der Waals surface area (Å²) in [6, 6.07) is 8.53. The van der Waals surface area contributed by atoms with Crippen LogP contribution in [0.4, 0.5) is 0 Å². The second-order valence-electron chi connectivity index (χ2n) is 6.06. The van der Waals surface area contributed by atoms with Crippen molar-refractivity contribution in [2.75, 3.05) is 19.6 Å². The van der Waals surface area contributed by atoms with Gasteiger partial charge in [0.15, 0.2) is 0 Å². The van der Waals surface area contributed by atoms with E-state index < -0.39 is 0 Å². The number of benzene rings is 1.